The molecule has 1 fully saturated rings. The van der Waals surface area contributed by atoms with E-state index in [0.29, 0.717) is 10.3 Å². The van der Waals surface area contributed by atoms with Crippen LogP contribution in [0.3, 0.4) is 0 Å². The van der Waals surface area contributed by atoms with E-state index in [1.807, 2.05) is 6.92 Å². The van der Waals surface area contributed by atoms with Gasteiger partial charge in [-0.1, -0.05) is 11.6 Å². The Morgan fingerprint density at radius 2 is 2.12 bits per heavy atom. The van der Waals surface area contributed by atoms with Crippen LogP contribution in [0.25, 0.3) is 0 Å². The van der Waals surface area contributed by atoms with E-state index < -0.39 is 10.8 Å². The Kier molecular flexibility index (Phi) is 5.79. The predicted octanol–water partition coefficient (Wildman–Crippen LogP) is 1.72. The van der Waals surface area contributed by atoms with Crippen molar-refractivity contribution in [1.82, 2.24) is 15.3 Å². The van der Waals surface area contributed by atoms with Crippen molar-refractivity contribution in [3.8, 4) is 0 Å². The lowest BCUT2D eigenvalue weighted by Gasteiger charge is -2.21. The molecule has 96 valence electrons. The molecule has 4 nitrogen and oxygen atoms in total. The van der Waals surface area contributed by atoms with Crippen molar-refractivity contribution in [3.63, 3.8) is 0 Å². The molecule has 0 amide bonds. The molecular weight excluding hydrogens is 281 g/mol. The maximum atomic E-state index is 12.2. The molecule has 0 spiro atoms. The zero-order valence-electron chi connectivity index (χ0n) is 9.48. The first-order chi connectivity index (χ1) is 7.68. The van der Waals surface area contributed by atoms with Gasteiger partial charge in [-0.05, 0) is 32.9 Å². The van der Waals surface area contributed by atoms with Gasteiger partial charge in [0.05, 0.1) is 10.8 Å². The summed E-state index contributed by atoms with van der Waals surface area (Å²) in [6.45, 7) is 3.66. The molecule has 7 heteroatoms. The fourth-order valence-corrected chi connectivity index (χ4v) is 3.14. The van der Waals surface area contributed by atoms with Gasteiger partial charge in [0, 0.05) is 17.0 Å². The maximum Gasteiger partial charge on any atom is 0.220 e. The van der Waals surface area contributed by atoms with Crippen molar-refractivity contribution in [2.75, 3.05) is 13.1 Å². The lowest BCUT2D eigenvalue weighted by molar-refractivity contribution is 0.517. The van der Waals surface area contributed by atoms with Crippen LogP contribution in [0.2, 0.25) is 5.15 Å². The zero-order chi connectivity index (χ0) is 11.5. The molecule has 1 unspecified atom stereocenters. The summed E-state index contributed by atoms with van der Waals surface area (Å²) >= 11 is 5.90. The first kappa shape index (κ1) is 14.8. The molecule has 1 atom stereocenters. The number of piperidine rings is 1. The van der Waals surface area contributed by atoms with Crippen LogP contribution in [0.15, 0.2) is 11.4 Å². The van der Waals surface area contributed by atoms with Crippen LogP contribution < -0.4 is 5.32 Å². The minimum atomic E-state index is -1.14. The summed E-state index contributed by atoms with van der Waals surface area (Å²) in [5.41, 5.74) is 0.813. The first-order valence-corrected chi connectivity index (χ1v) is 6.88. The summed E-state index contributed by atoms with van der Waals surface area (Å²) in [6.07, 6.45) is 3.44. The molecular formula is C10H15Cl2N3OS. The van der Waals surface area contributed by atoms with Gasteiger partial charge in [0.25, 0.3) is 0 Å². The van der Waals surface area contributed by atoms with Gasteiger partial charge in [-0.25, -0.2) is 9.97 Å². The average molecular weight is 296 g/mol. The smallest absolute Gasteiger partial charge is 0.220 e. The topological polar surface area (TPSA) is 54.9 Å². The second-order valence-electron chi connectivity index (χ2n) is 3.87. The van der Waals surface area contributed by atoms with Gasteiger partial charge < -0.3 is 5.32 Å². The molecule has 0 bridgehead atoms. The highest BCUT2D eigenvalue weighted by Crippen LogP contribution is 2.18. The molecule has 1 N–H and O–H groups in total. The summed E-state index contributed by atoms with van der Waals surface area (Å²) in [4.78, 5) is 8.18. The summed E-state index contributed by atoms with van der Waals surface area (Å²) < 4.78 is 12.2. The third-order valence-corrected chi connectivity index (χ3v) is 4.67. The van der Waals surface area contributed by atoms with Gasteiger partial charge in [-0.2, -0.15) is 0 Å². The number of aromatic nitrogens is 2. The highest BCUT2D eigenvalue weighted by atomic mass is 35.5. The molecule has 1 aliphatic rings. The van der Waals surface area contributed by atoms with Gasteiger partial charge in [-0.15, -0.1) is 12.4 Å². The average Bonchev–Trinajstić information content (AvgIpc) is 2.33. The largest absolute Gasteiger partial charge is 0.317 e. The number of hydrogen-bond acceptors (Lipinski definition) is 4. The standard InChI is InChI=1S/C10H14ClN3OS.ClH/c1-7-6-13-10(14-9(7)11)16(15)8-2-4-12-5-3-8;/h6,8,12H,2-5H2,1H3;1H. The Labute approximate surface area is 114 Å². The van der Waals surface area contributed by atoms with E-state index in [-0.39, 0.29) is 17.7 Å². The molecule has 1 saturated heterocycles. The van der Waals surface area contributed by atoms with Gasteiger partial charge >= 0.3 is 0 Å². The number of nitrogens with one attached hydrogen (secondary N) is 1. The molecule has 2 rings (SSSR count). The predicted molar refractivity (Wildman–Crippen MR) is 71.3 cm³/mol. The highest BCUT2D eigenvalue weighted by Gasteiger charge is 2.23. The van der Waals surface area contributed by atoms with Gasteiger partial charge in [0.1, 0.15) is 5.15 Å². The van der Waals surface area contributed by atoms with E-state index >= 15 is 0 Å². The molecule has 0 radical (unpaired) electrons. The van der Waals surface area contributed by atoms with Crippen molar-refractivity contribution < 1.29 is 4.21 Å². The van der Waals surface area contributed by atoms with Crippen molar-refractivity contribution >= 4 is 34.8 Å². The number of hydrogen-bond donors (Lipinski definition) is 1. The summed E-state index contributed by atoms with van der Waals surface area (Å²) in [6, 6.07) is 0. The number of nitrogens with zero attached hydrogens (tertiary/aromatic N) is 2. The summed E-state index contributed by atoms with van der Waals surface area (Å²) in [7, 11) is -1.14. The van der Waals surface area contributed by atoms with Crippen LogP contribution in [0.4, 0.5) is 0 Å². The van der Waals surface area contributed by atoms with Crippen molar-refractivity contribution in [3.05, 3.63) is 16.9 Å². The Hall–Kier alpha value is -0.230. The van der Waals surface area contributed by atoms with E-state index in [0.717, 1.165) is 31.5 Å². The van der Waals surface area contributed by atoms with Gasteiger partial charge in [-0.3, -0.25) is 4.21 Å². The van der Waals surface area contributed by atoms with Gasteiger partial charge in [0.15, 0.2) is 0 Å². The normalized spacial score (nSPS) is 18.5. The quantitative estimate of drug-likeness (QED) is 0.667. The SMILES string of the molecule is Cc1cnc(S(=O)C2CCNCC2)nc1Cl.Cl. The minimum Gasteiger partial charge on any atom is -0.317 e. The Bertz CT molecular complexity index is 411. The maximum absolute atomic E-state index is 12.2. The van der Waals surface area contributed by atoms with Gasteiger partial charge in [0.2, 0.25) is 5.16 Å². The second kappa shape index (κ2) is 6.64. The van der Waals surface area contributed by atoms with Crippen molar-refractivity contribution in [2.45, 2.75) is 30.2 Å². The Balaban J connectivity index is 0.00000144. The van der Waals surface area contributed by atoms with E-state index in [1.165, 1.54) is 0 Å². The number of halogens is 2. The number of aryl methyl sites for hydroxylation is 1. The Morgan fingerprint density at radius 3 is 2.71 bits per heavy atom. The lowest BCUT2D eigenvalue weighted by Crippen LogP contribution is -2.33. The zero-order valence-corrected chi connectivity index (χ0v) is 11.9. The molecule has 1 aromatic heterocycles. The molecule has 1 aliphatic heterocycles. The van der Waals surface area contributed by atoms with Crippen LogP contribution in [0.5, 0.6) is 0 Å². The van der Waals surface area contributed by atoms with Crippen molar-refractivity contribution in [2.24, 2.45) is 0 Å². The summed E-state index contributed by atoms with van der Waals surface area (Å²) in [5.74, 6) is 0. The second-order valence-corrected chi connectivity index (χ2v) is 5.86. The summed E-state index contributed by atoms with van der Waals surface area (Å²) in [5, 5.41) is 4.15. The highest BCUT2D eigenvalue weighted by molar-refractivity contribution is 7.85. The number of rotatable bonds is 2. The first-order valence-electron chi connectivity index (χ1n) is 5.29. The van der Waals surface area contributed by atoms with Crippen LogP contribution in [-0.4, -0.2) is 32.5 Å². The van der Waals surface area contributed by atoms with Crippen LogP contribution in [0, 0.1) is 6.92 Å². The third-order valence-electron chi connectivity index (χ3n) is 2.66. The van der Waals surface area contributed by atoms with E-state index in [2.05, 4.69) is 15.3 Å². The molecule has 0 aromatic carbocycles. The molecule has 2 heterocycles. The molecule has 17 heavy (non-hydrogen) atoms. The molecule has 0 aliphatic carbocycles. The Morgan fingerprint density at radius 1 is 1.47 bits per heavy atom. The fraction of sp³-hybridized carbons (Fsp3) is 0.600. The lowest BCUT2D eigenvalue weighted by atomic mass is 10.2. The van der Waals surface area contributed by atoms with E-state index in [4.69, 9.17) is 11.6 Å². The van der Waals surface area contributed by atoms with Crippen molar-refractivity contribution in [1.29, 1.82) is 0 Å². The van der Waals surface area contributed by atoms with E-state index in [9.17, 15) is 4.21 Å². The van der Waals surface area contributed by atoms with Crippen LogP contribution >= 0.6 is 24.0 Å². The van der Waals surface area contributed by atoms with E-state index in [1.54, 1.807) is 6.20 Å². The molecule has 1 aromatic rings. The third kappa shape index (κ3) is 3.61. The monoisotopic (exact) mass is 295 g/mol. The molecule has 0 saturated carbocycles. The van der Waals surface area contributed by atoms with Crippen LogP contribution in [-0.2, 0) is 10.8 Å². The fourth-order valence-electron chi connectivity index (χ4n) is 1.66. The minimum absolute atomic E-state index is 0. The van der Waals surface area contributed by atoms with Crippen LogP contribution in [0.1, 0.15) is 18.4 Å².